The van der Waals surface area contributed by atoms with Crippen molar-refractivity contribution in [1.29, 1.82) is 0 Å². The molecule has 0 fully saturated rings. The molecule has 0 saturated heterocycles. The van der Waals surface area contributed by atoms with Crippen LogP contribution < -0.4 is 11.1 Å². The third kappa shape index (κ3) is 3.26. The highest BCUT2D eigenvalue weighted by atomic mass is 35.5. The van der Waals surface area contributed by atoms with E-state index in [1.165, 1.54) is 18.2 Å². The Morgan fingerprint density at radius 2 is 2.05 bits per heavy atom. The van der Waals surface area contributed by atoms with E-state index in [2.05, 4.69) is 5.32 Å². The maximum Gasteiger partial charge on any atom is 0.288 e. The molecule has 1 aromatic rings. The number of benzene rings is 1. The number of halogens is 1. The van der Waals surface area contributed by atoms with Crippen LogP contribution in [0.4, 0.5) is 11.4 Å². The van der Waals surface area contributed by atoms with Crippen LogP contribution in [0.1, 0.15) is 26.7 Å². The van der Waals surface area contributed by atoms with Crippen LogP contribution in [0.2, 0.25) is 5.02 Å². The van der Waals surface area contributed by atoms with Gasteiger partial charge in [0.1, 0.15) is 5.02 Å². The first-order valence-corrected chi connectivity index (χ1v) is 6.73. The van der Waals surface area contributed by atoms with Gasteiger partial charge in [0.15, 0.2) is 0 Å². The van der Waals surface area contributed by atoms with Gasteiger partial charge in [0.2, 0.25) is 5.91 Å². The van der Waals surface area contributed by atoms with Gasteiger partial charge < -0.3 is 11.1 Å². The smallest absolute Gasteiger partial charge is 0.288 e. The molecular formula is C13H18ClN3O3. The SMILES string of the molecule is CCC(CC)(CN)C(=O)Nc1ccc([N+](=O)[O-])c(Cl)c1. The van der Waals surface area contributed by atoms with E-state index in [0.29, 0.717) is 18.5 Å². The lowest BCUT2D eigenvalue weighted by Crippen LogP contribution is -2.41. The Morgan fingerprint density at radius 1 is 1.45 bits per heavy atom. The topological polar surface area (TPSA) is 98.3 Å². The maximum atomic E-state index is 12.3. The highest BCUT2D eigenvalue weighted by molar-refractivity contribution is 6.33. The molecule has 0 bridgehead atoms. The van der Waals surface area contributed by atoms with Crippen molar-refractivity contribution in [3.8, 4) is 0 Å². The van der Waals surface area contributed by atoms with Gasteiger partial charge in [0.05, 0.1) is 10.3 Å². The number of anilines is 1. The Bertz CT molecular complexity index is 507. The summed E-state index contributed by atoms with van der Waals surface area (Å²) in [6.45, 7) is 4.05. The summed E-state index contributed by atoms with van der Waals surface area (Å²) >= 11 is 5.81. The number of rotatable bonds is 6. The standard InChI is InChI=1S/C13H18ClN3O3/c1-3-13(4-2,8-15)12(18)16-9-5-6-11(17(19)20)10(14)7-9/h5-7H,3-4,8,15H2,1-2H3,(H,16,18). The first kappa shape index (κ1) is 16.4. The van der Waals surface area contributed by atoms with Gasteiger partial charge in [-0.3, -0.25) is 14.9 Å². The molecule has 0 aliphatic heterocycles. The Labute approximate surface area is 122 Å². The highest BCUT2D eigenvalue weighted by Crippen LogP contribution is 2.30. The molecule has 7 heteroatoms. The predicted molar refractivity (Wildman–Crippen MR) is 78.8 cm³/mol. The minimum atomic E-state index is -0.631. The fourth-order valence-corrected chi connectivity index (χ4v) is 2.20. The van der Waals surface area contributed by atoms with Crippen LogP contribution in [0, 0.1) is 15.5 Å². The van der Waals surface area contributed by atoms with Gasteiger partial charge in [0, 0.05) is 18.3 Å². The van der Waals surface area contributed by atoms with E-state index in [9.17, 15) is 14.9 Å². The normalized spacial score (nSPS) is 11.2. The number of amides is 1. The van der Waals surface area contributed by atoms with Gasteiger partial charge in [-0.25, -0.2) is 0 Å². The lowest BCUT2D eigenvalue weighted by molar-refractivity contribution is -0.384. The number of nitro benzene ring substituents is 1. The lowest BCUT2D eigenvalue weighted by atomic mass is 9.81. The number of carbonyl (C=O) groups is 1. The fraction of sp³-hybridized carbons (Fsp3) is 0.462. The van der Waals surface area contributed by atoms with Gasteiger partial charge in [-0.1, -0.05) is 25.4 Å². The molecule has 1 rings (SSSR count). The monoisotopic (exact) mass is 299 g/mol. The minimum Gasteiger partial charge on any atom is -0.329 e. The summed E-state index contributed by atoms with van der Waals surface area (Å²) in [4.78, 5) is 22.4. The first-order chi connectivity index (χ1) is 9.40. The van der Waals surface area contributed by atoms with Crippen molar-refractivity contribution in [2.75, 3.05) is 11.9 Å². The van der Waals surface area contributed by atoms with Crippen molar-refractivity contribution in [3.05, 3.63) is 33.3 Å². The van der Waals surface area contributed by atoms with E-state index < -0.39 is 10.3 Å². The molecule has 110 valence electrons. The van der Waals surface area contributed by atoms with Crippen molar-refractivity contribution in [2.24, 2.45) is 11.1 Å². The quantitative estimate of drug-likeness (QED) is 0.623. The van der Waals surface area contributed by atoms with Crippen molar-refractivity contribution in [3.63, 3.8) is 0 Å². The summed E-state index contributed by atoms with van der Waals surface area (Å²) in [6, 6.07) is 4.08. The maximum absolute atomic E-state index is 12.3. The summed E-state index contributed by atoms with van der Waals surface area (Å²) in [7, 11) is 0. The first-order valence-electron chi connectivity index (χ1n) is 6.35. The van der Waals surface area contributed by atoms with Gasteiger partial charge >= 0.3 is 0 Å². The molecule has 0 radical (unpaired) electrons. The zero-order valence-electron chi connectivity index (χ0n) is 11.5. The van der Waals surface area contributed by atoms with E-state index in [1.54, 1.807) is 0 Å². The molecule has 0 unspecified atom stereocenters. The van der Waals surface area contributed by atoms with Gasteiger partial charge in [-0.2, -0.15) is 0 Å². The molecule has 0 spiro atoms. The van der Waals surface area contributed by atoms with E-state index in [-0.39, 0.29) is 23.2 Å². The molecule has 1 amide bonds. The minimum absolute atomic E-state index is 0.0147. The molecule has 20 heavy (non-hydrogen) atoms. The van der Waals surface area contributed by atoms with Crippen LogP contribution in [0.15, 0.2) is 18.2 Å². The number of nitrogens with zero attached hydrogens (tertiary/aromatic N) is 1. The van der Waals surface area contributed by atoms with Crippen molar-refractivity contribution in [1.82, 2.24) is 0 Å². The third-order valence-corrected chi connectivity index (χ3v) is 3.93. The predicted octanol–water partition coefficient (Wildman–Crippen LogP) is 2.95. The second kappa shape index (κ2) is 6.67. The van der Waals surface area contributed by atoms with Crippen LogP contribution in [-0.2, 0) is 4.79 Å². The zero-order valence-corrected chi connectivity index (χ0v) is 12.2. The molecule has 6 nitrogen and oxygen atoms in total. The molecule has 3 N–H and O–H groups in total. The van der Waals surface area contributed by atoms with Crippen LogP contribution in [0.3, 0.4) is 0 Å². The van der Waals surface area contributed by atoms with Crippen LogP contribution in [0.25, 0.3) is 0 Å². The molecule has 0 aliphatic carbocycles. The Morgan fingerprint density at radius 3 is 2.45 bits per heavy atom. The van der Waals surface area contributed by atoms with E-state index in [1.807, 2.05) is 13.8 Å². The van der Waals surface area contributed by atoms with Crippen molar-refractivity contribution < 1.29 is 9.72 Å². The number of nitro groups is 1. The Balaban J connectivity index is 2.96. The number of hydrogen-bond acceptors (Lipinski definition) is 4. The second-order valence-electron chi connectivity index (χ2n) is 4.57. The zero-order chi connectivity index (χ0) is 15.3. The van der Waals surface area contributed by atoms with Crippen molar-refractivity contribution in [2.45, 2.75) is 26.7 Å². The van der Waals surface area contributed by atoms with E-state index >= 15 is 0 Å². The van der Waals surface area contributed by atoms with E-state index in [0.717, 1.165) is 0 Å². The molecule has 0 saturated carbocycles. The average molecular weight is 300 g/mol. The average Bonchev–Trinajstić information content (AvgIpc) is 2.41. The molecule has 0 atom stereocenters. The summed E-state index contributed by atoms with van der Waals surface area (Å²) in [5.74, 6) is -0.199. The summed E-state index contributed by atoms with van der Waals surface area (Å²) in [6.07, 6.45) is 1.24. The molecule has 0 aliphatic rings. The van der Waals surface area contributed by atoms with Gasteiger partial charge in [0.25, 0.3) is 5.69 Å². The van der Waals surface area contributed by atoms with Crippen molar-refractivity contribution >= 4 is 28.9 Å². The van der Waals surface area contributed by atoms with Gasteiger partial charge in [-0.15, -0.1) is 0 Å². The van der Waals surface area contributed by atoms with Gasteiger partial charge in [-0.05, 0) is 25.0 Å². The van der Waals surface area contributed by atoms with E-state index in [4.69, 9.17) is 17.3 Å². The lowest BCUT2D eigenvalue weighted by Gasteiger charge is -2.28. The largest absolute Gasteiger partial charge is 0.329 e. The molecule has 0 heterocycles. The number of hydrogen-bond donors (Lipinski definition) is 2. The number of nitrogens with one attached hydrogen (secondary N) is 1. The summed E-state index contributed by atoms with van der Waals surface area (Å²) in [5.41, 5.74) is 5.30. The Hall–Kier alpha value is -1.66. The fourth-order valence-electron chi connectivity index (χ4n) is 1.95. The highest BCUT2D eigenvalue weighted by Gasteiger charge is 2.33. The third-order valence-electron chi connectivity index (χ3n) is 3.63. The van der Waals surface area contributed by atoms with Crippen LogP contribution in [-0.4, -0.2) is 17.4 Å². The molecule has 0 aromatic heterocycles. The van der Waals surface area contributed by atoms with Crippen LogP contribution >= 0.6 is 11.6 Å². The molecule has 1 aromatic carbocycles. The summed E-state index contributed by atoms with van der Waals surface area (Å²) in [5, 5.41) is 13.4. The molecular weight excluding hydrogens is 282 g/mol. The summed E-state index contributed by atoms with van der Waals surface area (Å²) < 4.78 is 0. The number of nitrogens with two attached hydrogens (primary N) is 1. The Kier molecular flexibility index (Phi) is 5.47. The van der Waals surface area contributed by atoms with Crippen LogP contribution in [0.5, 0.6) is 0 Å². The number of carbonyl (C=O) groups excluding carboxylic acids is 1. The second-order valence-corrected chi connectivity index (χ2v) is 4.98.